The van der Waals surface area contributed by atoms with Gasteiger partial charge >= 0.3 is 0 Å². The Morgan fingerprint density at radius 2 is 1.36 bits per heavy atom. The number of rotatable bonds is 7. The summed E-state index contributed by atoms with van der Waals surface area (Å²) in [6.07, 6.45) is 0. The number of benzene rings is 3. The highest BCUT2D eigenvalue weighted by atomic mass is 16.5. The van der Waals surface area contributed by atoms with Crippen molar-refractivity contribution in [2.75, 3.05) is 24.9 Å². The lowest BCUT2D eigenvalue weighted by atomic mass is 10.1. The minimum atomic E-state index is -0.285. The highest BCUT2D eigenvalue weighted by Crippen LogP contribution is 2.29. The van der Waals surface area contributed by atoms with Gasteiger partial charge in [-0.2, -0.15) is 0 Å². The Morgan fingerprint density at radius 3 is 1.93 bits per heavy atom. The van der Waals surface area contributed by atoms with Crippen LogP contribution in [0.4, 0.5) is 11.4 Å². The summed E-state index contributed by atoms with van der Waals surface area (Å²) in [5.41, 5.74) is 3.25. The molecule has 144 valence electrons. The molecule has 0 spiro atoms. The number of anilines is 2. The van der Waals surface area contributed by atoms with E-state index >= 15 is 0 Å². The predicted molar refractivity (Wildman–Crippen MR) is 112 cm³/mol. The minimum absolute atomic E-state index is 0.180. The Morgan fingerprint density at radius 1 is 0.786 bits per heavy atom. The van der Waals surface area contributed by atoms with Crippen molar-refractivity contribution in [3.63, 3.8) is 0 Å². The fraction of sp³-hybridized carbons (Fsp3) is 0.174. The van der Waals surface area contributed by atoms with E-state index in [0.29, 0.717) is 22.7 Å². The summed E-state index contributed by atoms with van der Waals surface area (Å²) in [6, 6.07) is 23.3. The molecule has 3 rings (SSSR count). The summed E-state index contributed by atoms with van der Waals surface area (Å²) in [5.74, 6) is 0.645. The molecule has 0 aliphatic rings. The highest BCUT2D eigenvalue weighted by molar-refractivity contribution is 6.08. The average molecular weight is 376 g/mol. The van der Waals surface area contributed by atoms with Gasteiger partial charge in [0.05, 0.1) is 14.2 Å². The highest BCUT2D eigenvalue weighted by Gasteiger charge is 2.18. The third-order valence-corrected chi connectivity index (χ3v) is 4.48. The summed E-state index contributed by atoms with van der Waals surface area (Å²) < 4.78 is 10.6. The maximum Gasteiger partial charge on any atom is 0.263 e. The molecule has 1 atom stereocenters. The Bertz CT molecular complexity index is 902. The van der Waals surface area contributed by atoms with Crippen molar-refractivity contribution < 1.29 is 14.3 Å². The van der Waals surface area contributed by atoms with Gasteiger partial charge in [-0.05, 0) is 48.9 Å². The predicted octanol–water partition coefficient (Wildman–Crippen LogP) is 5.13. The van der Waals surface area contributed by atoms with E-state index < -0.39 is 0 Å². The number of ether oxygens (including phenoxy) is 2. The van der Waals surface area contributed by atoms with Gasteiger partial charge in [-0.3, -0.25) is 4.79 Å². The van der Waals surface area contributed by atoms with E-state index in [-0.39, 0.29) is 11.9 Å². The Hall–Kier alpha value is -3.47. The molecule has 5 nitrogen and oxygen atoms in total. The van der Waals surface area contributed by atoms with Crippen LogP contribution in [0.3, 0.4) is 0 Å². The van der Waals surface area contributed by atoms with E-state index in [1.165, 1.54) is 19.8 Å². The molecular formula is C23H24N2O3. The molecule has 0 saturated carbocycles. The molecule has 3 aromatic carbocycles. The standard InChI is InChI=1S/C23H24N2O3/c1-16(17-8-5-4-6-9-17)24-18-12-14-19(15-13-18)25-23(26)22-20(27-2)10-7-11-21(22)28-3/h4-16,24H,1-3H3,(H,25,26). The number of methoxy groups -OCH3 is 2. The van der Waals surface area contributed by atoms with Crippen molar-refractivity contribution in [3.8, 4) is 11.5 Å². The molecule has 1 amide bonds. The normalized spacial score (nSPS) is 11.4. The fourth-order valence-electron chi connectivity index (χ4n) is 2.99. The van der Waals surface area contributed by atoms with Gasteiger partial charge in [0.1, 0.15) is 17.1 Å². The molecular weight excluding hydrogens is 352 g/mol. The van der Waals surface area contributed by atoms with Crippen molar-refractivity contribution in [2.45, 2.75) is 13.0 Å². The third kappa shape index (κ3) is 4.43. The van der Waals surface area contributed by atoms with Crippen LogP contribution in [0.25, 0.3) is 0 Å². The number of carbonyl (C=O) groups is 1. The second-order valence-corrected chi connectivity index (χ2v) is 6.35. The zero-order chi connectivity index (χ0) is 19.9. The molecule has 0 fully saturated rings. The van der Waals surface area contributed by atoms with Gasteiger partial charge in [-0.1, -0.05) is 36.4 Å². The first-order chi connectivity index (χ1) is 13.6. The summed E-state index contributed by atoms with van der Waals surface area (Å²) in [7, 11) is 3.06. The number of hydrogen-bond acceptors (Lipinski definition) is 4. The van der Waals surface area contributed by atoms with Crippen molar-refractivity contribution in [1.29, 1.82) is 0 Å². The molecule has 0 heterocycles. The third-order valence-electron chi connectivity index (χ3n) is 4.48. The topological polar surface area (TPSA) is 59.6 Å². The van der Waals surface area contributed by atoms with E-state index in [0.717, 1.165) is 5.69 Å². The van der Waals surface area contributed by atoms with Gasteiger partial charge in [0.15, 0.2) is 0 Å². The molecule has 5 heteroatoms. The Kier molecular flexibility index (Phi) is 6.17. The Balaban J connectivity index is 1.70. The van der Waals surface area contributed by atoms with E-state index in [4.69, 9.17) is 9.47 Å². The number of carbonyl (C=O) groups excluding carboxylic acids is 1. The lowest BCUT2D eigenvalue weighted by Crippen LogP contribution is -2.14. The Labute approximate surface area is 165 Å². The summed E-state index contributed by atoms with van der Waals surface area (Å²) >= 11 is 0. The second-order valence-electron chi connectivity index (χ2n) is 6.35. The van der Waals surface area contributed by atoms with Crippen LogP contribution in [0.1, 0.15) is 28.9 Å². The van der Waals surface area contributed by atoms with Gasteiger partial charge in [0.2, 0.25) is 0 Å². The summed E-state index contributed by atoms with van der Waals surface area (Å²) in [6.45, 7) is 2.11. The van der Waals surface area contributed by atoms with E-state index in [9.17, 15) is 4.79 Å². The molecule has 0 aromatic heterocycles. The van der Waals surface area contributed by atoms with Crippen molar-refractivity contribution in [3.05, 3.63) is 83.9 Å². The quantitative estimate of drug-likeness (QED) is 0.600. The van der Waals surface area contributed by atoms with Crippen LogP contribution >= 0.6 is 0 Å². The fourth-order valence-corrected chi connectivity index (χ4v) is 2.99. The number of amides is 1. The average Bonchev–Trinajstić information content (AvgIpc) is 2.75. The van der Waals surface area contributed by atoms with E-state index in [2.05, 4.69) is 29.7 Å². The summed E-state index contributed by atoms with van der Waals surface area (Å²) in [4.78, 5) is 12.7. The maximum atomic E-state index is 12.7. The smallest absolute Gasteiger partial charge is 0.263 e. The first-order valence-electron chi connectivity index (χ1n) is 9.06. The molecule has 0 saturated heterocycles. The van der Waals surface area contributed by atoms with Crippen LogP contribution in [-0.4, -0.2) is 20.1 Å². The SMILES string of the molecule is COc1cccc(OC)c1C(=O)Nc1ccc(NC(C)c2ccccc2)cc1. The second kappa shape index (κ2) is 8.95. The number of nitrogens with one attached hydrogen (secondary N) is 2. The lowest BCUT2D eigenvalue weighted by molar-refractivity contribution is 0.102. The maximum absolute atomic E-state index is 12.7. The van der Waals surface area contributed by atoms with Crippen LogP contribution in [-0.2, 0) is 0 Å². The molecule has 0 radical (unpaired) electrons. The molecule has 0 bridgehead atoms. The zero-order valence-corrected chi connectivity index (χ0v) is 16.2. The van der Waals surface area contributed by atoms with Crippen LogP contribution in [0.5, 0.6) is 11.5 Å². The van der Waals surface area contributed by atoms with Gasteiger partial charge in [-0.25, -0.2) is 0 Å². The van der Waals surface area contributed by atoms with Gasteiger partial charge in [-0.15, -0.1) is 0 Å². The van der Waals surface area contributed by atoms with Gasteiger partial charge in [0, 0.05) is 17.4 Å². The molecule has 3 aromatic rings. The zero-order valence-electron chi connectivity index (χ0n) is 16.2. The molecule has 0 aliphatic carbocycles. The first-order valence-corrected chi connectivity index (χ1v) is 9.06. The lowest BCUT2D eigenvalue weighted by Gasteiger charge is -2.16. The van der Waals surface area contributed by atoms with Gasteiger partial charge in [0.25, 0.3) is 5.91 Å². The van der Waals surface area contributed by atoms with Crippen molar-refractivity contribution in [2.24, 2.45) is 0 Å². The van der Waals surface area contributed by atoms with Gasteiger partial charge < -0.3 is 20.1 Å². The van der Waals surface area contributed by atoms with Crippen molar-refractivity contribution >= 4 is 17.3 Å². The van der Waals surface area contributed by atoms with Crippen molar-refractivity contribution in [1.82, 2.24) is 0 Å². The van der Waals surface area contributed by atoms with Crippen LogP contribution in [0.2, 0.25) is 0 Å². The molecule has 0 aliphatic heterocycles. The molecule has 28 heavy (non-hydrogen) atoms. The first kappa shape index (κ1) is 19.3. The minimum Gasteiger partial charge on any atom is -0.496 e. The van der Waals surface area contributed by atoms with Crippen LogP contribution in [0.15, 0.2) is 72.8 Å². The number of hydrogen-bond donors (Lipinski definition) is 2. The molecule has 1 unspecified atom stereocenters. The van der Waals surface area contributed by atoms with Crippen LogP contribution < -0.4 is 20.1 Å². The van der Waals surface area contributed by atoms with E-state index in [1.54, 1.807) is 18.2 Å². The summed E-state index contributed by atoms with van der Waals surface area (Å²) in [5, 5.41) is 6.35. The van der Waals surface area contributed by atoms with E-state index in [1.807, 2.05) is 42.5 Å². The molecule has 2 N–H and O–H groups in total. The monoisotopic (exact) mass is 376 g/mol. The largest absolute Gasteiger partial charge is 0.496 e. The van der Waals surface area contributed by atoms with Crippen LogP contribution in [0, 0.1) is 0 Å².